The smallest absolute Gasteiger partial charge is 0.329 e. The van der Waals surface area contributed by atoms with Crippen molar-refractivity contribution in [3.8, 4) is 11.5 Å². The van der Waals surface area contributed by atoms with Crippen molar-refractivity contribution in [2.75, 3.05) is 7.11 Å². The highest BCUT2D eigenvalue weighted by molar-refractivity contribution is 9.10. The van der Waals surface area contributed by atoms with Gasteiger partial charge in [-0.3, -0.25) is 9.69 Å². The third kappa shape index (κ3) is 5.56. The first-order chi connectivity index (χ1) is 15.9. The molecular weight excluding hydrogens is 508 g/mol. The Morgan fingerprint density at radius 1 is 0.970 bits per heavy atom. The highest BCUT2D eigenvalue weighted by atomic mass is 79.9. The van der Waals surface area contributed by atoms with Crippen molar-refractivity contribution >= 4 is 45.5 Å². The summed E-state index contributed by atoms with van der Waals surface area (Å²) in [6, 6.07) is 19.7. The molecule has 0 bridgehead atoms. The van der Waals surface area contributed by atoms with Crippen molar-refractivity contribution in [2.24, 2.45) is 0 Å². The van der Waals surface area contributed by atoms with E-state index in [1.54, 1.807) is 55.7 Å². The highest BCUT2D eigenvalue weighted by Crippen LogP contribution is 2.30. The number of methoxy groups -OCH3 is 1. The van der Waals surface area contributed by atoms with Gasteiger partial charge in [-0.1, -0.05) is 57.9 Å². The minimum absolute atomic E-state index is 0.158. The minimum atomic E-state index is -0.470. The first-order valence-electron chi connectivity index (χ1n) is 10.1. The van der Waals surface area contributed by atoms with Gasteiger partial charge in [0.2, 0.25) is 0 Å². The number of carbonyl (C=O) groups is 2. The van der Waals surface area contributed by atoms with Gasteiger partial charge >= 0.3 is 6.03 Å². The van der Waals surface area contributed by atoms with Crippen LogP contribution in [0.25, 0.3) is 6.08 Å². The summed E-state index contributed by atoms with van der Waals surface area (Å²) < 4.78 is 12.4. The third-order valence-corrected chi connectivity index (χ3v) is 5.80. The summed E-state index contributed by atoms with van der Waals surface area (Å²) in [6.07, 6.45) is 1.61. The van der Waals surface area contributed by atoms with Crippen LogP contribution in [-0.4, -0.2) is 23.9 Å². The second-order valence-corrected chi connectivity index (χ2v) is 8.68. The van der Waals surface area contributed by atoms with Crippen LogP contribution in [0.4, 0.5) is 4.79 Å². The average Bonchev–Trinajstić information content (AvgIpc) is 3.07. The van der Waals surface area contributed by atoms with Crippen LogP contribution < -0.4 is 14.8 Å². The second-order valence-electron chi connectivity index (χ2n) is 7.33. The van der Waals surface area contributed by atoms with Crippen LogP contribution in [0.2, 0.25) is 5.02 Å². The number of nitrogens with one attached hydrogen (secondary N) is 1. The number of hydrogen-bond acceptors (Lipinski definition) is 4. The van der Waals surface area contributed by atoms with Gasteiger partial charge in [-0.15, -0.1) is 0 Å². The normalized spacial score (nSPS) is 14.5. The molecule has 0 aromatic heterocycles. The molecule has 168 valence electrons. The van der Waals surface area contributed by atoms with Crippen molar-refractivity contribution < 1.29 is 19.1 Å². The molecule has 0 unspecified atom stereocenters. The molecule has 3 aromatic carbocycles. The highest BCUT2D eigenvalue weighted by Gasteiger charge is 2.33. The van der Waals surface area contributed by atoms with E-state index in [0.717, 1.165) is 20.5 Å². The number of ether oxygens (including phenoxy) is 2. The zero-order chi connectivity index (χ0) is 23.4. The average molecular weight is 528 g/mol. The molecular formula is C25H20BrClN2O4. The number of urea groups is 1. The number of rotatable bonds is 7. The summed E-state index contributed by atoms with van der Waals surface area (Å²) in [4.78, 5) is 26.3. The third-order valence-electron chi connectivity index (χ3n) is 5.02. The van der Waals surface area contributed by atoms with Gasteiger partial charge in [-0.05, 0) is 59.2 Å². The Kier molecular flexibility index (Phi) is 7.01. The number of imide groups is 1. The zero-order valence-corrected chi connectivity index (χ0v) is 20.0. The molecule has 33 heavy (non-hydrogen) atoms. The predicted molar refractivity (Wildman–Crippen MR) is 130 cm³/mol. The maximum atomic E-state index is 12.8. The molecule has 1 aliphatic rings. The summed E-state index contributed by atoms with van der Waals surface area (Å²) in [5, 5.41) is 3.23. The molecule has 1 N–H and O–H groups in total. The van der Waals surface area contributed by atoms with Gasteiger partial charge in [-0.2, -0.15) is 0 Å². The lowest BCUT2D eigenvalue weighted by Crippen LogP contribution is -2.30. The van der Waals surface area contributed by atoms with Crippen LogP contribution in [0.15, 0.2) is 76.9 Å². The molecule has 4 rings (SSSR count). The zero-order valence-electron chi connectivity index (χ0n) is 17.7. The van der Waals surface area contributed by atoms with Crippen molar-refractivity contribution in [3.05, 3.63) is 98.6 Å². The lowest BCUT2D eigenvalue weighted by Gasteiger charge is -2.12. The Hall–Kier alpha value is -3.29. The van der Waals surface area contributed by atoms with Crippen molar-refractivity contribution in [3.63, 3.8) is 0 Å². The van der Waals surface area contributed by atoms with Gasteiger partial charge in [0, 0.05) is 9.50 Å². The van der Waals surface area contributed by atoms with E-state index in [2.05, 4.69) is 21.2 Å². The number of halogens is 2. The fraction of sp³-hybridized carbons (Fsp3) is 0.120. The molecule has 1 aliphatic heterocycles. The number of amides is 3. The molecule has 0 saturated carbocycles. The molecule has 0 aliphatic carbocycles. The monoisotopic (exact) mass is 526 g/mol. The van der Waals surface area contributed by atoms with Crippen LogP contribution in [0.1, 0.15) is 16.7 Å². The van der Waals surface area contributed by atoms with Gasteiger partial charge in [0.25, 0.3) is 5.91 Å². The topological polar surface area (TPSA) is 67.9 Å². The summed E-state index contributed by atoms with van der Waals surface area (Å²) in [5.74, 6) is 0.703. The largest absolute Gasteiger partial charge is 0.493 e. The van der Waals surface area contributed by atoms with Gasteiger partial charge in [0.15, 0.2) is 11.5 Å². The molecule has 3 amide bonds. The Balaban J connectivity index is 1.47. The Morgan fingerprint density at radius 3 is 2.36 bits per heavy atom. The SMILES string of the molecule is COc1cc(/C=C2\NC(=O)N(Cc3ccc(Cl)cc3)C2=O)ccc1OCc1ccc(Br)cc1. The lowest BCUT2D eigenvalue weighted by molar-refractivity contribution is -0.123. The Morgan fingerprint density at radius 2 is 1.67 bits per heavy atom. The van der Waals surface area contributed by atoms with Crippen LogP contribution in [0.5, 0.6) is 11.5 Å². The number of nitrogens with zero attached hydrogens (tertiary/aromatic N) is 1. The summed E-state index contributed by atoms with van der Waals surface area (Å²) in [5.41, 5.74) is 2.71. The fourth-order valence-corrected chi connectivity index (χ4v) is 3.68. The van der Waals surface area contributed by atoms with Gasteiger partial charge < -0.3 is 14.8 Å². The molecule has 0 atom stereocenters. The van der Waals surface area contributed by atoms with E-state index in [1.165, 1.54) is 0 Å². The molecule has 1 fully saturated rings. The van der Waals surface area contributed by atoms with E-state index in [4.69, 9.17) is 21.1 Å². The van der Waals surface area contributed by atoms with E-state index in [9.17, 15) is 9.59 Å². The van der Waals surface area contributed by atoms with Gasteiger partial charge in [0.1, 0.15) is 12.3 Å². The first kappa shape index (κ1) is 22.9. The Bertz CT molecular complexity index is 1210. The minimum Gasteiger partial charge on any atom is -0.493 e. The quantitative estimate of drug-likeness (QED) is 0.312. The van der Waals surface area contributed by atoms with Crippen molar-refractivity contribution in [2.45, 2.75) is 13.2 Å². The van der Waals surface area contributed by atoms with Crippen LogP contribution in [-0.2, 0) is 17.9 Å². The maximum absolute atomic E-state index is 12.8. The Labute approximate surface area is 204 Å². The number of benzene rings is 3. The first-order valence-corrected chi connectivity index (χ1v) is 11.2. The fourth-order valence-electron chi connectivity index (χ4n) is 3.29. The number of carbonyl (C=O) groups excluding carboxylic acids is 2. The van der Waals surface area contributed by atoms with Crippen LogP contribution in [0, 0.1) is 0 Å². The molecule has 1 heterocycles. The molecule has 6 nitrogen and oxygen atoms in total. The van der Waals surface area contributed by atoms with Crippen LogP contribution in [0.3, 0.4) is 0 Å². The van der Waals surface area contributed by atoms with Crippen molar-refractivity contribution in [1.82, 2.24) is 10.2 Å². The van der Waals surface area contributed by atoms with E-state index < -0.39 is 11.9 Å². The molecule has 1 saturated heterocycles. The molecule has 0 radical (unpaired) electrons. The van der Waals surface area contributed by atoms with Crippen molar-refractivity contribution in [1.29, 1.82) is 0 Å². The summed E-state index contributed by atoms with van der Waals surface area (Å²) >= 11 is 9.32. The number of hydrogen-bond donors (Lipinski definition) is 1. The molecule has 8 heteroatoms. The second kappa shape index (κ2) is 10.1. The van der Waals surface area contributed by atoms with Gasteiger partial charge in [0.05, 0.1) is 13.7 Å². The molecule has 3 aromatic rings. The van der Waals surface area contributed by atoms with E-state index in [0.29, 0.717) is 28.7 Å². The van der Waals surface area contributed by atoms with E-state index >= 15 is 0 Å². The van der Waals surface area contributed by atoms with Gasteiger partial charge in [-0.25, -0.2) is 4.79 Å². The summed E-state index contributed by atoms with van der Waals surface area (Å²) in [7, 11) is 1.55. The van der Waals surface area contributed by atoms with Crippen LogP contribution >= 0.6 is 27.5 Å². The standard InChI is InChI=1S/C25H20BrClN2O4/c1-32-23-13-18(6-11-22(23)33-15-17-2-7-19(26)8-3-17)12-21-24(30)29(25(31)28-21)14-16-4-9-20(27)10-5-16/h2-13H,14-15H2,1H3,(H,28,31)/b21-12-. The predicted octanol–water partition coefficient (Wildman–Crippen LogP) is 5.78. The van der Waals surface area contributed by atoms with E-state index in [1.807, 2.05) is 24.3 Å². The van der Waals surface area contributed by atoms with E-state index in [-0.39, 0.29) is 12.2 Å². The lowest BCUT2D eigenvalue weighted by atomic mass is 10.1. The summed E-state index contributed by atoms with van der Waals surface area (Å²) in [6.45, 7) is 0.545. The maximum Gasteiger partial charge on any atom is 0.329 e. The molecule has 0 spiro atoms.